The second-order valence-corrected chi connectivity index (χ2v) is 3.99. The predicted molar refractivity (Wildman–Crippen MR) is 67.4 cm³/mol. The number of amides is 1. The van der Waals surface area contributed by atoms with Crippen molar-refractivity contribution in [3.05, 3.63) is 35.9 Å². The number of hydrogen-bond acceptors (Lipinski definition) is 4. The molecule has 0 radical (unpaired) electrons. The fourth-order valence-electron chi connectivity index (χ4n) is 1.71. The molecule has 5 heteroatoms. The molecule has 1 aliphatic rings. The van der Waals surface area contributed by atoms with Crippen LogP contribution in [0.3, 0.4) is 0 Å². The number of carbonyl (C=O) groups excluding carboxylic acids is 1. The van der Waals surface area contributed by atoms with Crippen molar-refractivity contribution in [3.8, 4) is 0 Å². The lowest BCUT2D eigenvalue weighted by Gasteiger charge is -2.08. The van der Waals surface area contributed by atoms with Crippen LogP contribution >= 0.6 is 0 Å². The summed E-state index contributed by atoms with van der Waals surface area (Å²) in [5.74, 6) is -0.151. The molecule has 0 bridgehead atoms. The van der Waals surface area contributed by atoms with Crippen molar-refractivity contribution in [2.75, 3.05) is 20.3 Å². The van der Waals surface area contributed by atoms with Crippen molar-refractivity contribution in [2.45, 2.75) is 12.5 Å². The maximum Gasteiger partial charge on any atom is 0.264 e. The number of hydrogen-bond donors (Lipinski definition) is 1. The zero-order chi connectivity index (χ0) is 12.8. The molecule has 2 rings (SSSR count). The van der Waals surface area contributed by atoms with Gasteiger partial charge in [0.05, 0.1) is 12.3 Å². The van der Waals surface area contributed by atoms with Crippen LogP contribution in [0, 0.1) is 0 Å². The van der Waals surface area contributed by atoms with Crippen molar-refractivity contribution in [3.63, 3.8) is 0 Å². The number of carbonyl (C=O) groups is 1. The highest BCUT2D eigenvalue weighted by molar-refractivity contribution is 6.04. The van der Waals surface area contributed by atoms with Gasteiger partial charge in [-0.15, -0.1) is 0 Å². The third kappa shape index (κ3) is 3.07. The van der Waals surface area contributed by atoms with Crippen LogP contribution in [0.2, 0.25) is 0 Å². The SMILES string of the molecule is COCCNC(=O)[C@H]1CC(c2ccccc2)=NO1. The molecule has 0 spiro atoms. The first-order valence-corrected chi connectivity index (χ1v) is 5.86. The standard InChI is InChI=1S/C13H16N2O3/c1-17-8-7-14-13(16)12-9-11(15-18-12)10-5-3-2-4-6-10/h2-6,12H,7-9H2,1H3,(H,14,16)/t12-/m1/s1. The molecular formula is C13H16N2O3. The van der Waals surface area contributed by atoms with E-state index in [0.29, 0.717) is 19.6 Å². The van der Waals surface area contributed by atoms with Gasteiger partial charge in [-0.3, -0.25) is 4.79 Å². The molecule has 1 aliphatic heterocycles. The average molecular weight is 248 g/mol. The summed E-state index contributed by atoms with van der Waals surface area (Å²) in [6.07, 6.45) is -0.0277. The highest BCUT2D eigenvalue weighted by atomic mass is 16.6. The lowest BCUT2D eigenvalue weighted by Crippen LogP contribution is -2.36. The quantitative estimate of drug-likeness (QED) is 0.789. The maximum atomic E-state index is 11.7. The number of benzene rings is 1. The van der Waals surface area contributed by atoms with E-state index >= 15 is 0 Å². The van der Waals surface area contributed by atoms with Gasteiger partial charge in [0.1, 0.15) is 0 Å². The molecule has 1 aromatic rings. The fraction of sp³-hybridized carbons (Fsp3) is 0.385. The Balaban J connectivity index is 1.86. The van der Waals surface area contributed by atoms with Gasteiger partial charge in [0.25, 0.3) is 5.91 Å². The van der Waals surface area contributed by atoms with Gasteiger partial charge in [-0.1, -0.05) is 35.5 Å². The molecule has 96 valence electrons. The van der Waals surface area contributed by atoms with E-state index in [1.165, 1.54) is 0 Å². The highest BCUT2D eigenvalue weighted by Gasteiger charge is 2.28. The van der Waals surface area contributed by atoms with E-state index in [9.17, 15) is 4.79 Å². The monoisotopic (exact) mass is 248 g/mol. The van der Waals surface area contributed by atoms with Gasteiger partial charge in [0.15, 0.2) is 0 Å². The van der Waals surface area contributed by atoms with Crippen molar-refractivity contribution >= 4 is 11.6 Å². The molecule has 0 unspecified atom stereocenters. The molecule has 0 saturated heterocycles. The van der Waals surface area contributed by atoms with E-state index in [1.807, 2.05) is 30.3 Å². The number of nitrogens with one attached hydrogen (secondary N) is 1. The Labute approximate surface area is 106 Å². The average Bonchev–Trinajstić information content (AvgIpc) is 2.89. The molecule has 0 fully saturated rings. The summed E-state index contributed by atoms with van der Waals surface area (Å²) in [7, 11) is 1.59. The van der Waals surface area contributed by atoms with Crippen LogP contribution in [0.4, 0.5) is 0 Å². The molecule has 1 atom stereocenters. The second-order valence-electron chi connectivity index (χ2n) is 3.99. The number of ether oxygens (including phenoxy) is 1. The lowest BCUT2D eigenvalue weighted by atomic mass is 10.0. The van der Waals surface area contributed by atoms with E-state index in [2.05, 4.69) is 10.5 Å². The van der Waals surface area contributed by atoms with Crippen molar-refractivity contribution in [1.82, 2.24) is 5.32 Å². The van der Waals surface area contributed by atoms with Crippen molar-refractivity contribution in [1.29, 1.82) is 0 Å². The van der Waals surface area contributed by atoms with E-state index in [0.717, 1.165) is 11.3 Å². The van der Waals surface area contributed by atoms with Crippen LogP contribution in [0.5, 0.6) is 0 Å². The first kappa shape index (κ1) is 12.6. The predicted octanol–water partition coefficient (Wildman–Crippen LogP) is 0.942. The molecule has 1 amide bonds. The molecule has 0 saturated carbocycles. The lowest BCUT2D eigenvalue weighted by molar-refractivity contribution is -0.131. The third-order valence-corrected chi connectivity index (χ3v) is 2.67. The number of rotatable bonds is 5. The van der Waals surface area contributed by atoms with Gasteiger partial charge in [-0.25, -0.2) is 0 Å². The smallest absolute Gasteiger partial charge is 0.264 e. The van der Waals surface area contributed by atoms with Gasteiger partial charge >= 0.3 is 0 Å². The van der Waals surface area contributed by atoms with E-state index in [4.69, 9.17) is 9.57 Å². The van der Waals surface area contributed by atoms with E-state index in [-0.39, 0.29) is 5.91 Å². The molecule has 0 aromatic heterocycles. The topological polar surface area (TPSA) is 59.9 Å². The normalized spacial score (nSPS) is 18.1. The van der Waals surface area contributed by atoms with Gasteiger partial charge < -0.3 is 14.9 Å². The van der Waals surface area contributed by atoms with Crippen LogP contribution in [-0.4, -0.2) is 38.0 Å². The summed E-state index contributed by atoms with van der Waals surface area (Å²) >= 11 is 0. The summed E-state index contributed by atoms with van der Waals surface area (Å²) in [6, 6.07) is 9.71. The molecule has 1 N–H and O–H groups in total. The van der Waals surface area contributed by atoms with Crippen LogP contribution in [-0.2, 0) is 14.4 Å². The Bertz CT molecular complexity index is 431. The molecule has 18 heavy (non-hydrogen) atoms. The highest BCUT2D eigenvalue weighted by Crippen LogP contribution is 2.16. The minimum atomic E-state index is -0.530. The Morgan fingerprint density at radius 1 is 1.50 bits per heavy atom. The van der Waals surface area contributed by atoms with Gasteiger partial charge in [0.2, 0.25) is 6.10 Å². The third-order valence-electron chi connectivity index (χ3n) is 2.67. The van der Waals surface area contributed by atoms with Crippen LogP contribution < -0.4 is 5.32 Å². The zero-order valence-corrected chi connectivity index (χ0v) is 10.3. The summed E-state index contributed by atoms with van der Waals surface area (Å²) in [4.78, 5) is 16.9. The largest absolute Gasteiger partial charge is 0.383 e. The Hall–Kier alpha value is -1.88. The summed E-state index contributed by atoms with van der Waals surface area (Å²) in [5, 5.41) is 6.70. The van der Waals surface area contributed by atoms with Crippen molar-refractivity contribution < 1.29 is 14.4 Å². The zero-order valence-electron chi connectivity index (χ0n) is 10.3. The Kier molecular flexibility index (Phi) is 4.30. The van der Waals surface area contributed by atoms with Crippen LogP contribution in [0.15, 0.2) is 35.5 Å². The summed E-state index contributed by atoms with van der Waals surface area (Å²) < 4.78 is 4.86. The second kappa shape index (κ2) is 6.16. The first-order valence-electron chi connectivity index (χ1n) is 5.86. The summed E-state index contributed by atoms with van der Waals surface area (Å²) in [6.45, 7) is 0.973. The van der Waals surface area contributed by atoms with E-state index < -0.39 is 6.10 Å². The molecule has 1 aromatic carbocycles. The molecule has 5 nitrogen and oxygen atoms in total. The number of oxime groups is 1. The van der Waals surface area contributed by atoms with Gasteiger partial charge in [-0.05, 0) is 5.56 Å². The van der Waals surface area contributed by atoms with Crippen molar-refractivity contribution in [2.24, 2.45) is 5.16 Å². The Morgan fingerprint density at radius 2 is 2.28 bits per heavy atom. The first-order chi connectivity index (χ1) is 8.81. The molecule has 0 aliphatic carbocycles. The number of nitrogens with zero attached hydrogens (tertiary/aromatic N) is 1. The summed E-state index contributed by atoms with van der Waals surface area (Å²) in [5.41, 5.74) is 1.80. The van der Waals surface area contributed by atoms with E-state index in [1.54, 1.807) is 7.11 Å². The molecule has 1 heterocycles. The van der Waals surface area contributed by atoms with Crippen LogP contribution in [0.25, 0.3) is 0 Å². The fourth-order valence-corrected chi connectivity index (χ4v) is 1.71. The Morgan fingerprint density at radius 3 is 3.00 bits per heavy atom. The minimum absolute atomic E-state index is 0.151. The number of methoxy groups -OCH3 is 1. The van der Waals surface area contributed by atoms with Crippen LogP contribution in [0.1, 0.15) is 12.0 Å². The maximum absolute atomic E-state index is 11.7. The van der Waals surface area contributed by atoms with Gasteiger partial charge in [0, 0.05) is 20.1 Å². The molecular weight excluding hydrogens is 232 g/mol. The van der Waals surface area contributed by atoms with Gasteiger partial charge in [-0.2, -0.15) is 0 Å². The minimum Gasteiger partial charge on any atom is -0.383 e.